The summed E-state index contributed by atoms with van der Waals surface area (Å²) in [6.45, 7) is 15.7. The standard InChI is InChI=1S/C21H36N4O2.HI/c1-16(2)27-19-13-17(3)7-8-18(19)14-23-20(22-6)24-15-21(4,5)25-9-11-26-12-10-25;/h7-8,13,16H,9-12,14-15H2,1-6H3,(H2,22,23,24);1H. The molecule has 6 nitrogen and oxygen atoms in total. The van der Waals surface area contributed by atoms with Gasteiger partial charge in [0.05, 0.1) is 19.3 Å². The molecule has 1 aliphatic rings. The van der Waals surface area contributed by atoms with Crippen molar-refractivity contribution in [3.8, 4) is 5.75 Å². The smallest absolute Gasteiger partial charge is 0.191 e. The Morgan fingerprint density at radius 3 is 2.54 bits per heavy atom. The molecule has 0 unspecified atom stereocenters. The number of guanidine groups is 1. The summed E-state index contributed by atoms with van der Waals surface area (Å²) < 4.78 is 11.4. The number of aryl methyl sites for hydroxylation is 1. The van der Waals surface area contributed by atoms with E-state index in [-0.39, 0.29) is 35.6 Å². The summed E-state index contributed by atoms with van der Waals surface area (Å²) in [7, 11) is 1.80. The van der Waals surface area contributed by atoms with Gasteiger partial charge in [0.1, 0.15) is 5.75 Å². The highest BCUT2D eigenvalue weighted by Gasteiger charge is 2.28. The number of benzene rings is 1. The molecule has 0 atom stereocenters. The molecule has 2 rings (SSSR count). The van der Waals surface area contributed by atoms with Gasteiger partial charge in [-0.15, -0.1) is 24.0 Å². The van der Waals surface area contributed by atoms with Crippen molar-refractivity contribution < 1.29 is 9.47 Å². The van der Waals surface area contributed by atoms with Crippen molar-refractivity contribution in [2.45, 2.75) is 52.8 Å². The van der Waals surface area contributed by atoms with Crippen LogP contribution >= 0.6 is 24.0 Å². The van der Waals surface area contributed by atoms with Crippen LogP contribution in [0.2, 0.25) is 0 Å². The fraction of sp³-hybridized carbons (Fsp3) is 0.667. The average Bonchev–Trinajstić information content (AvgIpc) is 2.63. The zero-order valence-electron chi connectivity index (χ0n) is 18.2. The zero-order valence-corrected chi connectivity index (χ0v) is 20.5. The first-order valence-corrected chi connectivity index (χ1v) is 9.85. The number of rotatable bonds is 7. The fourth-order valence-electron chi connectivity index (χ4n) is 3.15. The van der Waals surface area contributed by atoms with E-state index in [1.54, 1.807) is 7.05 Å². The molecule has 0 aromatic heterocycles. The molecule has 7 heteroatoms. The van der Waals surface area contributed by atoms with Crippen molar-refractivity contribution in [1.29, 1.82) is 0 Å². The van der Waals surface area contributed by atoms with Crippen LogP contribution in [0.4, 0.5) is 0 Å². The van der Waals surface area contributed by atoms with E-state index in [4.69, 9.17) is 9.47 Å². The van der Waals surface area contributed by atoms with Crippen molar-refractivity contribution in [1.82, 2.24) is 15.5 Å². The maximum absolute atomic E-state index is 5.97. The molecule has 0 spiro atoms. The molecule has 0 amide bonds. The number of ether oxygens (including phenoxy) is 2. The Labute approximate surface area is 187 Å². The first-order valence-electron chi connectivity index (χ1n) is 9.85. The largest absolute Gasteiger partial charge is 0.491 e. The average molecular weight is 504 g/mol. The number of hydrogen-bond donors (Lipinski definition) is 2. The Kier molecular flexibility index (Phi) is 10.5. The van der Waals surface area contributed by atoms with Gasteiger partial charge < -0.3 is 20.1 Å². The van der Waals surface area contributed by atoms with Crippen LogP contribution in [-0.2, 0) is 11.3 Å². The highest BCUT2D eigenvalue weighted by Crippen LogP contribution is 2.21. The minimum absolute atomic E-state index is 0. The van der Waals surface area contributed by atoms with Crippen molar-refractivity contribution in [2.75, 3.05) is 39.9 Å². The predicted molar refractivity (Wildman–Crippen MR) is 127 cm³/mol. The second-order valence-corrected chi connectivity index (χ2v) is 7.97. The molecule has 160 valence electrons. The van der Waals surface area contributed by atoms with E-state index in [1.165, 1.54) is 5.56 Å². The summed E-state index contributed by atoms with van der Waals surface area (Å²) in [6.07, 6.45) is 0.150. The van der Waals surface area contributed by atoms with Gasteiger partial charge in [-0.3, -0.25) is 9.89 Å². The van der Waals surface area contributed by atoms with Gasteiger partial charge in [0.15, 0.2) is 5.96 Å². The van der Waals surface area contributed by atoms with Crippen LogP contribution in [0.3, 0.4) is 0 Å². The van der Waals surface area contributed by atoms with Gasteiger partial charge in [0.2, 0.25) is 0 Å². The number of hydrogen-bond acceptors (Lipinski definition) is 4. The Balaban J connectivity index is 0.00000392. The Bertz CT molecular complexity index is 629. The molecule has 1 aromatic carbocycles. The van der Waals surface area contributed by atoms with Crippen molar-refractivity contribution in [3.05, 3.63) is 29.3 Å². The summed E-state index contributed by atoms with van der Waals surface area (Å²) in [5, 5.41) is 6.87. The minimum atomic E-state index is 0. The molecule has 0 radical (unpaired) electrons. The Morgan fingerprint density at radius 2 is 1.93 bits per heavy atom. The van der Waals surface area contributed by atoms with Crippen LogP contribution in [-0.4, -0.2) is 62.4 Å². The number of halogens is 1. The van der Waals surface area contributed by atoms with Crippen LogP contribution in [0.25, 0.3) is 0 Å². The summed E-state index contributed by atoms with van der Waals surface area (Å²) in [6, 6.07) is 6.32. The topological polar surface area (TPSA) is 58.1 Å². The van der Waals surface area contributed by atoms with Gasteiger partial charge in [-0.2, -0.15) is 0 Å². The van der Waals surface area contributed by atoms with E-state index in [9.17, 15) is 0 Å². The van der Waals surface area contributed by atoms with Gasteiger partial charge in [0, 0.05) is 44.3 Å². The third-order valence-electron chi connectivity index (χ3n) is 4.81. The first-order chi connectivity index (χ1) is 12.8. The zero-order chi connectivity index (χ0) is 19.9. The van der Waals surface area contributed by atoms with E-state index in [2.05, 4.69) is 59.5 Å². The van der Waals surface area contributed by atoms with E-state index in [1.807, 2.05) is 13.8 Å². The fourth-order valence-corrected chi connectivity index (χ4v) is 3.15. The van der Waals surface area contributed by atoms with Gasteiger partial charge >= 0.3 is 0 Å². The lowest BCUT2D eigenvalue weighted by atomic mass is 10.0. The molecule has 0 aliphatic carbocycles. The number of nitrogens with zero attached hydrogens (tertiary/aromatic N) is 2. The predicted octanol–water partition coefficient (Wildman–Crippen LogP) is 3.18. The molecule has 1 fully saturated rings. The maximum Gasteiger partial charge on any atom is 0.191 e. The summed E-state index contributed by atoms with van der Waals surface area (Å²) in [5.74, 6) is 1.73. The monoisotopic (exact) mass is 504 g/mol. The lowest BCUT2D eigenvalue weighted by molar-refractivity contribution is -0.00834. The summed E-state index contributed by atoms with van der Waals surface area (Å²) in [4.78, 5) is 6.83. The normalized spacial score (nSPS) is 15.9. The molecule has 0 saturated carbocycles. The molecule has 1 saturated heterocycles. The second kappa shape index (κ2) is 11.8. The molecule has 1 heterocycles. The van der Waals surface area contributed by atoms with Crippen LogP contribution in [0.15, 0.2) is 23.2 Å². The quantitative estimate of drug-likeness (QED) is 0.340. The molecule has 2 N–H and O–H groups in total. The number of aliphatic imine (C=N–C) groups is 1. The molecular weight excluding hydrogens is 467 g/mol. The van der Waals surface area contributed by atoms with Crippen molar-refractivity contribution in [3.63, 3.8) is 0 Å². The second-order valence-electron chi connectivity index (χ2n) is 7.97. The van der Waals surface area contributed by atoms with Crippen LogP contribution in [0.5, 0.6) is 5.75 Å². The van der Waals surface area contributed by atoms with Crippen LogP contribution in [0.1, 0.15) is 38.8 Å². The van der Waals surface area contributed by atoms with Gasteiger partial charge in [-0.1, -0.05) is 12.1 Å². The summed E-state index contributed by atoms with van der Waals surface area (Å²) in [5.41, 5.74) is 2.37. The van der Waals surface area contributed by atoms with Crippen molar-refractivity contribution >= 4 is 29.9 Å². The molecular formula is C21H37IN4O2. The molecule has 28 heavy (non-hydrogen) atoms. The third-order valence-corrected chi connectivity index (χ3v) is 4.81. The Morgan fingerprint density at radius 1 is 1.25 bits per heavy atom. The van der Waals surface area contributed by atoms with Crippen LogP contribution in [0, 0.1) is 6.92 Å². The van der Waals surface area contributed by atoms with Crippen molar-refractivity contribution in [2.24, 2.45) is 4.99 Å². The lowest BCUT2D eigenvalue weighted by Gasteiger charge is -2.41. The van der Waals surface area contributed by atoms with E-state index in [0.29, 0.717) is 6.54 Å². The van der Waals surface area contributed by atoms with Gasteiger partial charge in [0.25, 0.3) is 0 Å². The van der Waals surface area contributed by atoms with E-state index >= 15 is 0 Å². The third kappa shape index (κ3) is 7.75. The molecule has 1 aliphatic heterocycles. The van der Waals surface area contributed by atoms with Crippen LogP contribution < -0.4 is 15.4 Å². The first kappa shape index (κ1) is 25.0. The highest BCUT2D eigenvalue weighted by molar-refractivity contribution is 14.0. The molecule has 0 bridgehead atoms. The van der Waals surface area contributed by atoms with E-state index in [0.717, 1.165) is 50.1 Å². The highest BCUT2D eigenvalue weighted by atomic mass is 127. The van der Waals surface area contributed by atoms with E-state index < -0.39 is 0 Å². The lowest BCUT2D eigenvalue weighted by Crippen LogP contribution is -2.56. The minimum Gasteiger partial charge on any atom is -0.491 e. The molecule has 1 aromatic rings. The Hall–Kier alpha value is -1.06. The SMILES string of the molecule is CN=C(NCc1ccc(C)cc1OC(C)C)NCC(C)(C)N1CCOCC1.I. The van der Waals surface area contributed by atoms with Gasteiger partial charge in [-0.05, 0) is 46.2 Å². The maximum atomic E-state index is 5.97. The summed E-state index contributed by atoms with van der Waals surface area (Å²) >= 11 is 0. The number of nitrogens with one attached hydrogen (secondary N) is 2. The van der Waals surface area contributed by atoms with Gasteiger partial charge in [-0.25, -0.2) is 0 Å². The number of morpholine rings is 1.